The van der Waals surface area contributed by atoms with Crippen LogP contribution in [0.4, 0.5) is 0 Å². The molecule has 0 bridgehead atoms. The molecule has 3 saturated heterocycles. The number of hydrogen-bond donors (Lipinski definition) is 0. The monoisotopic (exact) mass is 617 g/mol. The van der Waals surface area contributed by atoms with Gasteiger partial charge in [0.2, 0.25) is 0 Å². The highest BCUT2D eigenvalue weighted by Gasteiger charge is 2.65. The van der Waals surface area contributed by atoms with E-state index in [9.17, 15) is 0 Å². The highest BCUT2D eigenvalue weighted by Crippen LogP contribution is 2.63. The Hall–Kier alpha value is -0.120. The summed E-state index contributed by atoms with van der Waals surface area (Å²) in [5, 5.41) is 0. The molecule has 3 heterocycles. The van der Waals surface area contributed by atoms with Gasteiger partial charge in [0.05, 0.1) is 12.2 Å². The summed E-state index contributed by atoms with van der Waals surface area (Å²) < 4.78 is 7.40. The molecule has 0 spiro atoms. The van der Waals surface area contributed by atoms with E-state index >= 15 is 0 Å². The van der Waals surface area contributed by atoms with Gasteiger partial charge in [-0.15, -0.1) is 0 Å². The van der Waals surface area contributed by atoms with Gasteiger partial charge in [0.1, 0.15) is 0 Å². The van der Waals surface area contributed by atoms with Crippen LogP contribution in [0.15, 0.2) is 0 Å². The van der Waals surface area contributed by atoms with E-state index in [2.05, 4.69) is 9.80 Å². The van der Waals surface area contributed by atoms with Crippen molar-refractivity contribution < 1.29 is 4.74 Å². The summed E-state index contributed by atoms with van der Waals surface area (Å²) in [6, 6.07) is 5.47. The maximum Gasteiger partial charge on any atom is 0.0657 e. The highest BCUT2D eigenvalue weighted by atomic mass is 16.5. The van der Waals surface area contributed by atoms with Crippen LogP contribution in [0.3, 0.4) is 0 Å². The molecule has 0 radical (unpaired) electrons. The lowest BCUT2D eigenvalue weighted by Crippen LogP contribution is -2.57. The number of nitrogens with zero attached hydrogens (tertiary/aromatic N) is 2. The first kappa shape index (κ1) is 29.8. The summed E-state index contributed by atoms with van der Waals surface area (Å²) in [5.74, 6) is 7.66. The van der Waals surface area contributed by atoms with E-state index in [0.29, 0.717) is 12.2 Å². The fourth-order valence-corrected chi connectivity index (χ4v) is 16.0. The Bertz CT molecular complexity index is 1030. The smallest absolute Gasteiger partial charge is 0.0657 e. The van der Waals surface area contributed by atoms with Crippen LogP contribution in [0.25, 0.3) is 0 Å². The van der Waals surface area contributed by atoms with Crippen LogP contribution in [0, 0.1) is 47.3 Å². The van der Waals surface area contributed by atoms with Crippen molar-refractivity contribution in [1.82, 2.24) is 9.80 Å². The van der Waals surface area contributed by atoms with E-state index in [0.717, 1.165) is 83.6 Å². The molecule has 0 aromatic heterocycles. The predicted molar refractivity (Wildman–Crippen MR) is 183 cm³/mol. The van der Waals surface area contributed by atoms with E-state index in [1.54, 1.807) is 32.1 Å². The van der Waals surface area contributed by atoms with Gasteiger partial charge in [-0.1, -0.05) is 77.0 Å². The summed E-state index contributed by atoms with van der Waals surface area (Å²) in [7, 11) is 0. The third-order valence-electron chi connectivity index (χ3n) is 17.4. The molecule has 10 rings (SSSR count). The third kappa shape index (κ3) is 4.86. The minimum absolute atomic E-state index is 0.614. The zero-order valence-electron chi connectivity index (χ0n) is 28.9. The second kappa shape index (κ2) is 12.3. The number of fused-ring (bicyclic) bond motifs is 10. The predicted octanol–water partition coefficient (Wildman–Crippen LogP) is 9.76. The van der Waals surface area contributed by atoms with Crippen LogP contribution in [-0.2, 0) is 4.74 Å². The summed E-state index contributed by atoms with van der Waals surface area (Å²) in [6.07, 6.45) is 40.6. The van der Waals surface area contributed by atoms with Crippen molar-refractivity contribution >= 4 is 0 Å². The Labute approximate surface area is 276 Å². The molecule has 0 aromatic rings. The maximum atomic E-state index is 7.40. The molecular formula is C42H68N2O. The molecule has 0 aromatic carbocycles. The molecule has 7 saturated carbocycles. The quantitative estimate of drug-likeness (QED) is 0.314. The molecule has 45 heavy (non-hydrogen) atoms. The van der Waals surface area contributed by atoms with Crippen LogP contribution in [0.2, 0.25) is 0 Å². The first-order valence-electron chi connectivity index (χ1n) is 21.6. The standard InChI is InChI=1S/C42H68N2O/c1-3-13-28(14-4-1)43-36-20-10-7-17-30(36)31-24-23-27(25-38(31)43)34-26-35-32-18-9-12-22-39(32)45-42(35)40-33-19-8-11-21-37(33)44(41(34)40)29-15-5-2-6-16-29/h27-42H,1-26H2/t27?,30?,31?,32?,33?,34?,35?,36?,37?,38-,39?,40?,41-,42?/m1/s1. The number of ether oxygens (including phenoxy) is 1. The molecule has 10 aliphatic rings. The SMILES string of the molecule is C1CCC(N2C3CCCCC3C3C4OC5CCCCC5C4CC(C4CCC5C6CCCCC6N(C6CCCCC6)[C@@H]5C4)[C@H]32)CC1. The Morgan fingerprint density at radius 3 is 1.71 bits per heavy atom. The van der Waals surface area contributed by atoms with Gasteiger partial charge >= 0.3 is 0 Å². The summed E-state index contributed by atoms with van der Waals surface area (Å²) in [4.78, 5) is 6.70. The van der Waals surface area contributed by atoms with Crippen molar-refractivity contribution in [3.05, 3.63) is 0 Å². The van der Waals surface area contributed by atoms with Gasteiger partial charge in [-0.2, -0.15) is 0 Å². The van der Waals surface area contributed by atoms with Crippen LogP contribution in [0.1, 0.15) is 167 Å². The van der Waals surface area contributed by atoms with Gasteiger partial charge in [0, 0.05) is 42.2 Å². The van der Waals surface area contributed by atoms with Crippen LogP contribution >= 0.6 is 0 Å². The number of rotatable bonds is 3. The highest BCUT2D eigenvalue weighted by molar-refractivity contribution is 5.16. The van der Waals surface area contributed by atoms with Crippen molar-refractivity contribution in [3.63, 3.8) is 0 Å². The summed E-state index contributed by atoms with van der Waals surface area (Å²) >= 11 is 0. The molecule has 3 aliphatic heterocycles. The molecule has 10 fully saturated rings. The van der Waals surface area contributed by atoms with Gasteiger partial charge in [0.25, 0.3) is 0 Å². The lowest BCUT2D eigenvalue weighted by Gasteiger charge is -2.53. The molecule has 0 N–H and O–H groups in total. The number of hydrogen-bond acceptors (Lipinski definition) is 3. The van der Waals surface area contributed by atoms with Gasteiger partial charge in [0.15, 0.2) is 0 Å². The van der Waals surface area contributed by atoms with Crippen LogP contribution in [-0.4, -0.2) is 58.3 Å². The van der Waals surface area contributed by atoms with Gasteiger partial charge in [-0.05, 0) is 131 Å². The van der Waals surface area contributed by atoms with E-state index < -0.39 is 0 Å². The molecule has 12 unspecified atom stereocenters. The van der Waals surface area contributed by atoms with Gasteiger partial charge in [-0.3, -0.25) is 9.80 Å². The van der Waals surface area contributed by atoms with E-state index in [4.69, 9.17) is 4.74 Å². The van der Waals surface area contributed by atoms with Gasteiger partial charge < -0.3 is 4.74 Å². The normalized spacial score (nSPS) is 52.8. The first-order valence-corrected chi connectivity index (χ1v) is 21.6. The second-order valence-corrected chi connectivity index (χ2v) is 19.0. The molecule has 3 nitrogen and oxygen atoms in total. The minimum Gasteiger partial charge on any atom is -0.374 e. The zero-order valence-corrected chi connectivity index (χ0v) is 28.9. The molecule has 252 valence electrons. The molecule has 7 aliphatic carbocycles. The Morgan fingerprint density at radius 2 is 0.956 bits per heavy atom. The lowest BCUT2D eigenvalue weighted by atomic mass is 9.57. The average molecular weight is 617 g/mol. The molecule has 3 heteroatoms. The zero-order chi connectivity index (χ0) is 29.5. The minimum atomic E-state index is 0.614. The van der Waals surface area contributed by atoms with E-state index in [-0.39, 0.29) is 0 Å². The van der Waals surface area contributed by atoms with Crippen LogP contribution in [0.5, 0.6) is 0 Å². The van der Waals surface area contributed by atoms with Crippen molar-refractivity contribution in [2.75, 3.05) is 0 Å². The van der Waals surface area contributed by atoms with E-state index in [1.165, 1.54) is 135 Å². The third-order valence-corrected chi connectivity index (χ3v) is 17.4. The van der Waals surface area contributed by atoms with Crippen molar-refractivity contribution in [2.24, 2.45) is 47.3 Å². The maximum absolute atomic E-state index is 7.40. The first-order chi connectivity index (χ1) is 22.3. The number of likely N-dealkylation sites (tertiary alicyclic amines) is 2. The second-order valence-electron chi connectivity index (χ2n) is 19.0. The summed E-state index contributed by atoms with van der Waals surface area (Å²) in [5.41, 5.74) is 0. The lowest BCUT2D eigenvalue weighted by molar-refractivity contribution is -0.0820. The van der Waals surface area contributed by atoms with Gasteiger partial charge in [-0.25, -0.2) is 0 Å². The largest absolute Gasteiger partial charge is 0.374 e. The van der Waals surface area contributed by atoms with Crippen LogP contribution < -0.4 is 0 Å². The molecule has 14 atom stereocenters. The van der Waals surface area contributed by atoms with Crippen molar-refractivity contribution in [3.8, 4) is 0 Å². The molecule has 0 amide bonds. The average Bonchev–Trinajstić information content (AvgIpc) is 3.76. The fourth-order valence-electron chi connectivity index (χ4n) is 16.0. The van der Waals surface area contributed by atoms with Crippen molar-refractivity contribution in [2.45, 2.75) is 215 Å². The fraction of sp³-hybridized carbons (Fsp3) is 1.00. The van der Waals surface area contributed by atoms with Crippen molar-refractivity contribution in [1.29, 1.82) is 0 Å². The Morgan fingerprint density at radius 1 is 0.378 bits per heavy atom. The van der Waals surface area contributed by atoms with E-state index in [1.807, 2.05) is 0 Å². The topological polar surface area (TPSA) is 15.7 Å². The Balaban J connectivity index is 1.01. The summed E-state index contributed by atoms with van der Waals surface area (Å²) in [6.45, 7) is 0. The Kier molecular flexibility index (Phi) is 8.16. The molecular weight excluding hydrogens is 548 g/mol.